The Balaban J connectivity index is 1.08. The number of rotatable bonds is 8. The Hall–Kier alpha value is -7.54. The molecule has 306 valence electrons. The average Bonchev–Trinajstić information content (AvgIpc) is 4.06. The van der Waals surface area contributed by atoms with Gasteiger partial charge < -0.3 is 9.80 Å². The highest BCUT2D eigenvalue weighted by atomic mass is 32.1. The lowest BCUT2D eigenvalue weighted by molar-refractivity contribution is 1.25. The fraction of sp³-hybridized carbons (Fsp3) is 0. The molecule has 0 spiro atoms. The van der Waals surface area contributed by atoms with Gasteiger partial charge >= 0.3 is 0 Å². The second kappa shape index (κ2) is 15.6. The van der Waals surface area contributed by atoms with E-state index in [0.29, 0.717) is 0 Å². The van der Waals surface area contributed by atoms with Crippen LogP contribution in [0.1, 0.15) is 0 Å². The number of hydrogen-bond donors (Lipinski definition) is 0. The fourth-order valence-electron chi connectivity index (χ4n) is 9.54. The van der Waals surface area contributed by atoms with E-state index in [1.807, 2.05) is 34.0 Å². The predicted molar refractivity (Wildman–Crippen MR) is 285 cm³/mol. The van der Waals surface area contributed by atoms with Gasteiger partial charge in [0, 0.05) is 94.6 Å². The van der Waals surface area contributed by atoms with Crippen molar-refractivity contribution in [1.29, 1.82) is 0 Å². The van der Waals surface area contributed by atoms with Crippen LogP contribution >= 0.6 is 34.0 Å². The van der Waals surface area contributed by atoms with Crippen molar-refractivity contribution >= 4 is 129 Å². The van der Waals surface area contributed by atoms with Crippen LogP contribution in [-0.2, 0) is 0 Å². The Kier molecular flexibility index (Phi) is 9.12. The standard InChI is InChI=1S/C60H38N2S3/c1-3-13-39(14-4-1)40-23-26-44(27-24-40)61(43-15-5-2-6-16-43)47-33-42(41-25-30-58-52(35-41)49-17-7-10-20-55(49)63-58)34-48(36-47)62(45-28-31-59-53(37-45)50-18-8-11-21-56(50)64-59)46-29-32-60-54(38-46)51-19-9-12-22-57(51)65-60/h1-38H. The second-order valence-corrected chi connectivity index (χ2v) is 19.8. The number of hydrogen-bond acceptors (Lipinski definition) is 5. The van der Waals surface area contributed by atoms with Gasteiger partial charge in [0.05, 0.1) is 0 Å². The zero-order valence-corrected chi connectivity index (χ0v) is 37.5. The number of thiophene rings is 3. The van der Waals surface area contributed by atoms with Crippen LogP contribution in [0.15, 0.2) is 231 Å². The van der Waals surface area contributed by atoms with E-state index in [-0.39, 0.29) is 0 Å². The van der Waals surface area contributed by atoms with Crippen molar-refractivity contribution in [3.63, 3.8) is 0 Å². The van der Waals surface area contributed by atoms with Crippen LogP contribution in [0.5, 0.6) is 0 Å². The van der Waals surface area contributed by atoms with Crippen molar-refractivity contribution < 1.29 is 0 Å². The molecule has 13 rings (SSSR count). The summed E-state index contributed by atoms with van der Waals surface area (Å²) in [6, 6.07) is 85.0. The largest absolute Gasteiger partial charge is 0.310 e. The van der Waals surface area contributed by atoms with E-state index in [1.54, 1.807) is 0 Å². The number of para-hydroxylation sites is 1. The molecule has 10 aromatic carbocycles. The molecule has 0 atom stereocenters. The highest BCUT2D eigenvalue weighted by Gasteiger charge is 2.22. The van der Waals surface area contributed by atoms with Crippen LogP contribution in [0.4, 0.5) is 34.1 Å². The molecule has 0 aliphatic rings. The molecule has 0 radical (unpaired) electrons. The van der Waals surface area contributed by atoms with E-state index in [0.717, 1.165) is 39.7 Å². The Morgan fingerprint density at radius 1 is 0.200 bits per heavy atom. The maximum Gasteiger partial charge on any atom is 0.0488 e. The van der Waals surface area contributed by atoms with Crippen LogP contribution in [0.2, 0.25) is 0 Å². The first-order valence-electron chi connectivity index (χ1n) is 21.9. The summed E-state index contributed by atoms with van der Waals surface area (Å²) in [5.74, 6) is 0. The SMILES string of the molecule is c1ccc(-c2ccc(N(c3ccccc3)c3cc(-c4ccc5sc6ccccc6c5c4)cc(N(c4ccc5sc6ccccc6c5c4)c4ccc5sc6ccccc6c5c4)c3)cc2)cc1. The van der Waals surface area contributed by atoms with Gasteiger partial charge in [-0.15, -0.1) is 34.0 Å². The third-order valence-corrected chi connectivity index (χ3v) is 16.1. The summed E-state index contributed by atoms with van der Waals surface area (Å²) < 4.78 is 7.78. The monoisotopic (exact) mass is 882 g/mol. The van der Waals surface area contributed by atoms with E-state index in [4.69, 9.17) is 0 Å². The Morgan fingerprint density at radius 2 is 0.569 bits per heavy atom. The maximum absolute atomic E-state index is 2.48. The lowest BCUT2D eigenvalue weighted by Crippen LogP contribution is -2.13. The van der Waals surface area contributed by atoms with E-state index in [2.05, 4.69) is 240 Å². The van der Waals surface area contributed by atoms with Crippen LogP contribution in [0.3, 0.4) is 0 Å². The molecule has 0 fully saturated rings. The molecule has 13 aromatic rings. The number of nitrogens with zero attached hydrogens (tertiary/aromatic N) is 2. The van der Waals surface area contributed by atoms with E-state index < -0.39 is 0 Å². The molecule has 0 aliphatic heterocycles. The zero-order chi connectivity index (χ0) is 42.8. The number of fused-ring (bicyclic) bond motifs is 9. The Bertz CT molecular complexity index is 3790. The molecule has 0 aliphatic carbocycles. The van der Waals surface area contributed by atoms with Crippen molar-refractivity contribution in [2.75, 3.05) is 9.80 Å². The summed E-state index contributed by atoms with van der Waals surface area (Å²) in [6.07, 6.45) is 0. The van der Waals surface area contributed by atoms with E-state index in [1.165, 1.54) is 77.2 Å². The van der Waals surface area contributed by atoms with Gasteiger partial charge in [0.25, 0.3) is 0 Å². The van der Waals surface area contributed by atoms with Gasteiger partial charge in [0.2, 0.25) is 0 Å². The summed E-state index contributed by atoms with van der Waals surface area (Å²) in [6.45, 7) is 0. The van der Waals surface area contributed by atoms with Gasteiger partial charge in [0.1, 0.15) is 0 Å². The molecule has 3 heterocycles. The molecular weight excluding hydrogens is 845 g/mol. The minimum atomic E-state index is 1.07. The highest BCUT2D eigenvalue weighted by Crippen LogP contribution is 2.47. The Morgan fingerprint density at radius 3 is 1.11 bits per heavy atom. The normalized spacial score (nSPS) is 11.7. The molecule has 2 nitrogen and oxygen atoms in total. The van der Waals surface area contributed by atoms with Crippen LogP contribution in [0.25, 0.3) is 82.8 Å². The summed E-state index contributed by atoms with van der Waals surface area (Å²) >= 11 is 5.58. The smallest absolute Gasteiger partial charge is 0.0488 e. The van der Waals surface area contributed by atoms with Gasteiger partial charge in [-0.2, -0.15) is 0 Å². The first kappa shape index (κ1) is 38.0. The molecular formula is C60H38N2S3. The van der Waals surface area contributed by atoms with Crippen molar-refractivity contribution in [2.45, 2.75) is 0 Å². The molecule has 0 N–H and O–H groups in total. The summed E-state index contributed by atoms with van der Waals surface area (Å²) in [5, 5.41) is 7.69. The van der Waals surface area contributed by atoms with Gasteiger partial charge in [0.15, 0.2) is 0 Å². The summed E-state index contributed by atoms with van der Waals surface area (Å²) in [4.78, 5) is 4.88. The van der Waals surface area contributed by atoms with Gasteiger partial charge in [-0.25, -0.2) is 0 Å². The van der Waals surface area contributed by atoms with E-state index >= 15 is 0 Å². The van der Waals surface area contributed by atoms with Crippen molar-refractivity contribution in [3.05, 3.63) is 231 Å². The van der Waals surface area contributed by atoms with Gasteiger partial charge in [-0.1, -0.05) is 121 Å². The molecule has 65 heavy (non-hydrogen) atoms. The van der Waals surface area contributed by atoms with Crippen LogP contribution < -0.4 is 9.80 Å². The van der Waals surface area contributed by atoms with Crippen molar-refractivity contribution in [1.82, 2.24) is 0 Å². The molecule has 0 amide bonds. The molecule has 5 heteroatoms. The Labute approximate surface area is 388 Å². The lowest BCUT2D eigenvalue weighted by atomic mass is 9.99. The maximum atomic E-state index is 2.48. The quantitative estimate of drug-likeness (QED) is 0.150. The third kappa shape index (κ3) is 6.67. The van der Waals surface area contributed by atoms with Crippen LogP contribution in [0, 0.1) is 0 Å². The first-order chi connectivity index (χ1) is 32.2. The average molecular weight is 883 g/mol. The predicted octanol–water partition coefficient (Wildman–Crippen LogP) is 19.1. The minimum absolute atomic E-state index is 1.07. The number of anilines is 6. The third-order valence-electron chi connectivity index (χ3n) is 12.6. The number of benzene rings is 10. The molecule has 0 bridgehead atoms. The highest BCUT2D eigenvalue weighted by molar-refractivity contribution is 7.26. The topological polar surface area (TPSA) is 6.48 Å². The van der Waals surface area contributed by atoms with Gasteiger partial charge in [-0.3, -0.25) is 0 Å². The summed E-state index contributed by atoms with van der Waals surface area (Å²) in [7, 11) is 0. The minimum Gasteiger partial charge on any atom is -0.310 e. The second-order valence-electron chi connectivity index (χ2n) is 16.5. The summed E-state index contributed by atoms with van der Waals surface area (Å²) in [5.41, 5.74) is 11.3. The van der Waals surface area contributed by atoms with Crippen molar-refractivity contribution in [2.24, 2.45) is 0 Å². The molecule has 0 saturated heterocycles. The molecule has 0 saturated carbocycles. The lowest BCUT2D eigenvalue weighted by Gasteiger charge is -2.30. The van der Waals surface area contributed by atoms with E-state index in [9.17, 15) is 0 Å². The molecule has 0 unspecified atom stereocenters. The van der Waals surface area contributed by atoms with Gasteiger partial charge in [-0.05, 0) is 131 Å². The van der Waals surface area contributed by atoms with Crippen LogP contribution in [-0.4, -0.2) is 0 Å². The first-order valence-corrected chi connectivity index (χ1v) is 24.3. The zero-order valence-electron chi connectivity index (χ0n) is 35.1. The molecule has 3 aromatic heterocycles. The fourth-order valence-corrected chi connectivity index (χ4v) is 12.8. The van der Waals surface area contributed by atoms with Crippen molar-refractivity contribution in [3.8, 4) is 22.3 Å².